The molecule has 0 aliphatic heterocycles. The summed E-state index contributed by atoms with van der Waals surface area (Å²) in [6.45, 7) is 2.10. The molecule has 0 amide bonds. The van der Waals surface area contributed by atoms with E-state index in [1.807, 2.05) is 60.7 Å². The highest BCUT2D eigenvalue weighted by atomic mass is 32.1. The first kappa shape index (κ1) is 15.2. The molecule has 0 atom stereocenters. The SMILES string of the molecule is CCOC(=O)c1sc(Oc2ccccc2)nc1-c1ccccc1. The number of thiazole rings is 1. The van der Waals surface area contributed by atoms with Gasteiger partial charge in [0.25, 0.3) is 5.19 Å². The fourth-order valence-electron chi connectivity index (χ4n) is 2.06. The molecule has 0 N–H and O–H groups in total. The van der Waals surface area contributed by atoms with Crippen LogP contribution in [0.1, 0.15) is 16.6 Å². The minimum Gasteiger partial charge on any atom is -0.462 e. The lowest BCUT2D eigenvalue weighted by Crippen LogP contribution is -2.03. The summed E-state index contributed by atoms with van der Waals surface area (Å²) in [5, 5.41) is 0.415. The van der Waals surface area contributed by atoms with Gasteiger partial charge in [-0.2, -0.15) is 0 Å². The van der Waals surface area contributed by atoms with E-state index in [2.05, 4.69) is 4.98 Å². The zero-order valence-corrected chi connectivity index (χ0v) is 13.4. The van der Waals surface area contributed by atoms with Crippen molar-refractivity contribution in [3.8, 4) is 22.2 Å². The highest BCUT2D eigenvalue weighted by molar-refractivity contribution is 7.15. The minimum atomic E-state index is -0.383. The summed E-state index contributed by atoms with van der Waals surface area (Å²) in [7, 11) is 0. The first-order chi connectivity index (χ1) is 11.3. The van der Waals surface area contributed by atoms with Crippen LogP contribution >= 0.6 is 11.3 Å². The Balaban J connectivity index is 1.98. The van der Waals surface area contributed by atoms with Gasteiger partial charge in [-0.15, -0.1) is 0 Å². The summed E-state index contributed by atoms with van der Waals surface area (Å²) >= 11 is 1.19. The molecule has 1 aromatic heterocycles. The summed E-state index contributed by atoms with van der Waals surface area (Å²) in [5.41, 5.74) is 1.44. The minimum absolute atomic E-state index is 0.319. The molecule has 116 valence electrons. The maximum atomic E-state index is 12.2. The van der Waals surface area contributed by atoms with E-state index in [0.717, 1.165) is 5.56 Å². The van der Waals surface area contributed by atoms with Crippen LogP contribution in [0.2, 0.25) is 0 Å². The number of hydrogen-bond donors (Lipinski definition) is 0. The Kier molecular flexibility index (Phi) is 4.68. The molecule has 0 aliphatic carbocycles. The zero-order valence-electron chi connectivity index (χ0n) is 12.6. The first-order valence-electron chi connectivity index (χ1n) is 7.24. The zero-order chi connectivity index (χ0) is 16.1. The Hall–Kier alpha value is -2.66. The molecule has 0 radical (unpaired) electrons. The van der Waals surface area contributed by atoms with E-state index in [1.165, 1.54) is 11.3 Å². The van der Waals surface area contributed by atoms with Crippen molar-refractivity contribution < 1.29 is 14.3 Å². The van der Waals surface area contributed by atoms with Gasteiger partial charge in [-0.1, -0.05) is 59.9 Å². The number of carbonyl (C=O) groups excluding carboxylic acids is 1. The predicted molar refractivity (Wildman–Crippen MR) is 90.0 cm³/mol. The van der Waals surface area contributed by atoms with Crippen molar-refractivity contribution in [3.63, 3.8) is 0 Å². The third kappa shape index (κ3) is 3.57. The number of ether oxygens (including phenoxy) is 2. The van der Waals surface area contributed by atoms with Crippen LogP contribution in [0.25, 0.3) is 11.3 Å². The van der Waals surface area contributed by atoms with E-state index in [9.17, 15) is 4.79 Å². The second kappa shape index (κ2) is 7.07. The number of aromatic nitrogens is 1. The van der Waals surface area contributed by atoms with Gasteiger partial charge in [-0.3, -0.25) is 0 Å². The highest BCUT2D eigenvalue weighted by Gasteiger charge is 2.21. The summed E-state index contributed by atoms with van der Waals surface area (Å²) in [5.74, 6) is 0.294. The maximum Gasteiger partial charge on any atom is 0.350 e. The summed E-state index contributed by atoms with van der Waals surface area (Å²) in [6.07, 6.45) is 0. The van der Waals surface area contributed by atoms with Crippen LogP contribution in [0.3, 0.4) is 0 Å². The Morgan fingerprint density at radius 2 is 1.70 bits per heavy atom. The Morgan fingerprint density at radius 3 is 2.35 bits per heavy atom. The van der Waals surface area contributed by atoms with Crippen molar-refractivity contribution in [1.29, 1.82) is 0 Å². The van der Waals surface area contributed by atoms with Gasteiger partial charge in [0.15, 0.2) is 0 Å². The molecule has 0 spiro atoms. The van der Waals surface area contributed by atoms with E-state index in [0.29, 0.717) is 28.1 Å². The van der Waals surface area contributed by atoms with Gasteiger partial charge < -0.3 is 9.47 Å². The van der Waals surface area contributed by atoms with Crippen molar-refractivity contribution in [2.24, 2.45) is 0 Å². The third-order valence-electron chi connectivity index (χ3n) is 3.06. The lowest BCUT2D eigenvalue weighted by Gasteiger charge is -2.01. The summed E-state index contributed by atoms with van der Waals surface area (Å²) in [6, 6.07) is 18.9. The van der Waals surface area contributed by atoms with Crippen LogP contribution in [-0.4, -0.2) is 17.6 Å². The number of esters is 1. The fourth-order valence-corrected chi connectivity index (χ4v) is 2.91. The number of carbonyl (C=O) groups is 1. The monoisotopic (exact) mass is 325 g/mol. The van der Waals surface area contributed by atoms with E-state index in [-0.39, 0.29) is 5.97 Å². The smallest absolute Gasteiger partial charge is 0.350 e. The number of hydrogen-bond acceptors (Lipinski definition) is 5. The van der Waals surface area contributed by atoms with E-state index >= 15 is 0 Å². The van der Waals surface area contributed by atoms with Crippen LogP contribution < -0.4 is 4.74 Å². The maximum absolute atomic E-state index is 12.2. The van der Waals surface area contributed by atoms with Crippen molar-refractivity contribution in [2.75, 3.05) is 6.61 Å². The molecular weight excluding hydrogens is 310 g/mol. The van der Waals surface area contributed by atoms with Crippen molar-refractivity contribution in [2.45, 2.75) is 6.92 Å². The number of para-hydroxylation sites is 1. The Bertz CT molecular complexity index is 785. The van der Waals surface area contributed by atoms with E-state index < -0.39 is 0 Å². The topological polar surface area (TPSA) is 48.4 Å². The number of nitrogens with zero attached hydrogens (tertiary/aromatic N) is 1. The fraction of sp³-hybridized carbons (Fsp3) is 0.111. The van der Waals surface area contributed by atoms with Crippen molar-refractivity contribution in [1.82, 2.24) is 4.98 Å². The Labute approximate surface area is 138 Å². The predicted octanol–water partition coefficient (Wildman–Crippen LogP) is 4.78. The summed E-state index contributed by atoms with van der Waals surface area (Å²) < 4.78 is 10.9. The van der Waals surface area contributed by atoms with Crippen LogP contribution in [0, 0.1) is 0 Å². The quantitative estimate of drug-likeness (QED) is 0.633. The molecule has 0 aliphatic rings. The largest absolute Gasteiger partial charge is 0.462 e. The second-order valence-corrected chi connectivity index (χ2v) is 5.62. The number of rotatable bonds is 5. The van der Waals surface area contributed by atoms with E-state index in [1.54, 1.807) is 6.92 Å². The molecule has 0 fully saturated rings. The molecule has 1 heterocycles. The molecular formula is C18H15NO3S. The lowest BCUT2D eigenvalue weighted by atomic mass is 10.1. The van der Waals surface area contributed by atoms with Crippen LogP contribution in [0.5, 0.6) is 10.9 Å². The van der Waals surface area contributed by atoms with Gasteiger partial charge in [0.1, 0.15) is 10.6 Å². The van der Waals surface area contributed by atoms with E-state index in [4.69, 9.17) is 9.47 Å². The summed E-state index contributed by atoms with van der Waals surface area (Å²) in [4.78, 5) is 17.1. The molecule has 0 saturated heterocycles. The molecule has 23 heavy (non-hydrogen) atoms. The lowest BCUT2D eigenvalue weighted by molar-refractivity contribution is 0.0532. The normalized spacial score (nSPS) is 10.3. The van der Waals surface area contributed by atoms with Crippen LogP contribution in [-0.2, 0) is 4.74 Å². The van der Waals surface area contributed by atoms with Crippen molar-refractivity contribution in [3.05, 3.63) is 65.5 Å². The van der Waals surface area contributed by atoms with Gasteiger partial charge in [0.2, 0.25) is 0 Å². The Morgan fingerprint density at radius 1 is 1.04 bits per heavy atom. The molecule has 0 bridgehead atoms. The molecule has 3 aromatic rings. The second-order valence-electron chi connectivity index (χ2n) is 4.66. The van der Waals surface area contributed by atoms with Gasteiger partial charge in [0, 0.05) is 5.56 Å². The molecule has 0 saturated carbocycles. The molecule has 0 unspecified atom stereocenters. The van der Waals surface area contributed by atoms with Crippen molar-refractivity contribution >= 4 is 17.3 Å². The van der Waals surface area contributed by atoms with Gasteiger partial charge in [-0.05, 0) is 19.1 Å². The molecule has 2 aromatic carbocycles. The average molecular weight is 325 g/mol. The molecule has 3 rings (SSSR count). The highest BCUT2D eigenvalue weighted by Crippen LogP contribution is 2.35. The van der Waals surface area contributed by atoms with Gasteiger partial charge in [-0.25, -0.2) is 9.78 Å². The first-order valence-corrected chi connectivity index (χ1v) is 8.06. The number of benzene rings is 2. The molecule has 5 heteroatoms. The standard InChI is InChI=1S/C18H15NO3S/c1-2-21-17(20)16-15(13-9-5-3-6-10-13)19-18(23-16)22-14-11-7-4-8-12-14/h3-12H,2H2,1H3. The third-order valence-corrected chi connectivity index (χ3v) is 3.98. The molecule has 4 nitrogen and oxygen atoms in total. The van der Waals surface area contributed by atoms with Gasteiger partial charge in [0.05, 0.1) is 12.3 Å². The average Bonchev–Trinajstić information content (AvgIpc) is 3.01. The van der Waals surface area contributed by atoms with Crippen LogP contribution in [0.4, 0.5) is 0 Å². The van der Waals surface area contributed by atoms with Gasteiger partial charge >= 0.3 is 5.97 Å². The van der Waals surface area contributed by atoms with Crippen LogP contribution in [0.15, 0.2) is 60.7 Å².